The molecule has 0 unspecified atom stereocenters. The summed E-state index contributed by atoms with van der Waals surface area (Å²) in [7, 11) is 0. The summed E-state index contributed by atoms with van der Waals surface area (Å²) in [5.41, 5.74) is 0.544. The van der Waals surface area contributed by atoms with E-state index in [0.29, 0.717) is 5.69 Å². The Morgan fingerprint density at radius 2 is 1.82 bits per heavy atom. The molecule has 2 heterocycles. The third-order valence-electron chi connectivity index (χ3n) is 4.34. The van der Waals surface area contributed by atoms with Crippen LogP contribution < -0.4 is 0 Å². The Labute approximate surface area is 130 Å². The maximum absolute atomic E-state index is 12.4. The van der Waals surface area contributed by atoms with Gasteiger partial charge in [0.25, 0.3) is 0 Å². The van der Waals surface area contributed by atoms with E-state index in [1.54, 1.807) is 0 Å². The van der Waals surface area contributed by atoms with E-state index in [9.17, 15) is 14.7 Å². The molecule has 122 valence electrons. The molecule has 1 aliphatic rings. The Morgan fingerprint density at radius 1 is 1.18 bits per heavy atom. The standard InChI is InChI=1S/C15H24N4O3/c1-3-11(4-2)14-13(15(21)22)16-17-19(14)10-12(20)18-8-6-5-7-9-18/h11H,3-10H2,1-2H3,(H,21,22). The summed E-state index contributed by atoms with van der Waals surface area (Å²) in [4.78, 5) is 25.6. The lowest BCUT2D eigenvalue weighted by Gasteiger charge is -2.27. The van der Waals surface area contributed by atoms with Crippen LogP contribution in [-0.2, 0) is 11.3 Å². The van der Waals surface area contributed by atoms with Crippen LogP contribution in [0.4, 0.5) is 0 Å². The summed E-state index contributed by atoms with van der Waals surface area (Å²) in [6.45, 7) is 5.64. The Balaban J connectivity index is 2.22. The third kappa shape index (κ3) is 3.45. The molecule has 0 radical (unpaired) electrons. The molecule has 1 aliphatic heterocycles. The van der Waals surface area contributed by atoms with Crippen LogP contribution >= 0.6 is 0 Å². The van der Waals surface area contributed by atoms with E-state index in [0.717, 1.165) is 45.2 Å². The fraction of sp³-hybridized carbons (Fsp3) is 0.733. The topological polar surface area (TPSA) is 88.3 Å². The number of carboxylic acids is 1. The zero-order chi connectivity index (χ0) is 16.1. The van der Waals surface area contributed by atoms with Crippen molar-refractivity contribution in [2.75, 3.05) is 13.1 Å². The number of carboxylic acid groups (broad SMARTS) is 1. The van der Waals surface area contributed by atoms with Gasteiger partial charge in [0.1, 0.15) is 6.54 Å². The van der Waals surface area contributed by atoms with Crippen molar-refractivity contribution in [3.63, 3.8) is 0 Å². The highest BCUT2D eigenvalue weighted by Gasteiger charge is 2.26. The normalized spacial score (nSPS) is 15.3. The lowest BCUT2D eigenvalue weighted by molar-refractivity contribution is -0.133. The first-order chi connectivity index (χ1) is 10.6. The van der Waals surface area contributed by atoms with Gasteiger partial charge in [-0.05, 0) is 32.1 Å². The number of aromatic nitrogens is 3. The first-order valence-electron chi connectivity index (χ1n) is 8.02. The van der Waals surface area contributed by atoms with Gasteiger partial charge in [-0.25, -0.2) is 9.48 Å². The number of piperidine rings is 1. The number of aromatic carboxylic acids is 1. The van der Waals surface area contributed by atoms with E-state index in [4.69, 9.17) is 0 Å². The SMILES string of the molecule is CCC(CC)c1c(C(=O)O)nnn1CC(=O)N1CCCCC1. The number of amides is 1. The zero-order valence-corrected chi connectivity index (χ0v) is 13.3. The molecule has 0 bridgehead atoms. The van der Waals surface area contributed by atoms with Gasteiger partial charge < -0.3 is 10.0 Å². The number of nitrogens with zero attached hydrogens (tertiary/aromatic N) is 4. The maximum Gasteiger partial charge on any atom is 0.358 e. The summed E-state index contributed by atoms with van der Waals surface area (Å²) in [5, 5.41) is 17.0. The molecule has 1 fully saturated rings. The molecule has 0 spiro atoms. The van der Waals surface area contributed by atoms with Crippen LogP contribution in [-0.4, -0.2) is 50.0 Å². The van der Waals surface area contributed by atoms with Gasteiger partial charge in [-0.1, -0.05) is 19.1 Å². The largest absolute Gasteiger partial charge is 0.476 e. The lowest BCUT2D eigenvalue weighted by Crippen LogP contribution is -2.38. The van der Waals surface area contributed by atoms with Gasteiger partial charge in [0.15, 0.2) is 5.69 Å². The molecule has 7 nitrogen and oxygen atoms in total. The monoisotopic (exact) mass is 308 g/mol. The number of rotatable bonds is 6. The summed E-state index contributed by atoms with van der Waals surface area (Å²) in [6.07, 6.45) is 4.81. The molecule has 22 heavy (non-hydrogen) atoms. The fourth-order valence-corrected chi connectivity index (χ4v) is 3.04. The quantitative estimate of drug-likeness (QED) is 0.867. The van der Waals surface area contributed by atoms with E-state index in [1.807, 2.05) is 18.7 Å². The number of carbonyl (C=O) groups excluding carboxylic acids is 1. The highest BCUT2D eigenvalue weighted by atomic mass is 16.4. The van der Waals surface area contributed by atoms with E-state index in [2.05, 4.69) is 10.3 Å². The Morgan fingerprint density at radius 3 is 2.36 bits per heavy atom. The molecule has 1 aromatic rings. The number of carbonyl (C=O) groups is 2. The van der Waals surface area contributed by atoms with Crippen LogP contribution in [0.2, 0.25) is 0 Å². The Bertz CT molecular complexity index is 531. The first kappa shape index (κ1) is 16.5. The highest BCUT2D eigenvalue weighted by molar-refractivity contribution is 5.87. The molecule has 0 saturated carbocycles. The van der Waals surface area contributed by atoms with Crippen LogP contribution in [0.1, 0.15) is 68.1 Å². The molecule has 1 saturated heterocycles. The van der Waals surface area contributed by atoms with Crippen molar-refractivity contribution in [1.29, 1.82) is 0 Å². The molecule has 2 rings (SSSR count). The molecule has 1 N–H and O–H groups in total. The van der Waals surface area contributed by atoms with Crippen LogP contribution in [0, 0.1) is 0 Å². The molecular formula is C15H24N4O3. The fourth-order valence-electron chi connectivity index (χ4n) is 3.04. The molecule has 0 aliphatic carbocycles. The van der Waals surface area contributed by atoms with Crippen molar-refractivity contribution in [3.05, 3.63) is 11.4 Å². The van der Waals surface area contributed by atoms with Crippen molar-refractivity contribution in [1.82, 2.24) is 19.9 Å². The van der Waals surface area contributed by atoms with Gasteiger partial charge in [0.2, 0.25) is 5.91 Å². The summed E-state index contributed by atoms with van der Waals surface area (Å²) < 4.78 is 1.48. The van der Waals surface area contributed by atoms with E-state index in [1.165, 1.54) is 4.68 Å². The van der Waals surface area contributed by atoms with Gasteiger partial charge in [-0.3, -0.25) is 4.79 Å². The van der Waals surface area contributed by atoms with Gasteiger partial charge in [-0.2, -0.15) is 0 Å². The van der Waals surface area contributed by atoms with Crippen LogP contribution in [0.25, 0.3) is 0 Å². The molecule has 1 amide bonds. The number of hydrogen-bond donors (Lipinski definition) is 1. The summed E-state index contributed by atoms with van der Waals surface area (Å²) in [5.74, 6) is -1.04. The average Bonchev–Trinajstić information content (AvgIpc) is 2.93. The van der Waals surface area contributed by atoms with Crippen molar-refractivity contribution >= 4 is 11.9 Å². The van der Waals surface area contributed by atoms with Crippen LogP contribution in [0.5, 0.6) is 0 Å². The number of hydrogen-bond acceptors (Lipinski definition) is 4. The Hall–Kier alpha value is -1.92. The zero-order valence-electron chi connectivity index (χ0n) is 13.3. The molecule has 0 atom stereocenters. The van der Waals surface area contributed by atoms with Crippen molar-refractivity contribution in [2.24, 2.45) is 0 Å². The molecule has 7 heteroatoms. The van der Waals surface area contributed by atoms with E-state index in [-0.39, 0.29) is 24.1 Å². The minimum atomic E-state index is -1.08. The van der Waals surface area contributed by atoms with Crippen LogP contribution in [0.15, 0.2) is 0 Å². The molecule has 1 aromatic heterocycles. The third-order valence-corrected chi connectivity index (χ3v) is 4.34. The smallest absolute Gasteiger partial charge is 0.358 e. The predicted molar refractivity (Wildman–Crippen MR) is 80.7 cm³/mol. The predicted octanol–water partition coefficient (Wildman–Crippen LogP) is 1.89. The minimum absolute atomic E-state index is 0.00579. The van der Waals surface area contributed by atoms with Crippen molar-refractivity contribution in [2.45, 2.75) is 58.4 Å². The average molecular weight is 308 g/mol. The van der Waals surface area contributed by atoms with Gasteiger partial charge in [0, 0.05) is 19.0 Å². The Kier molecular flexibility index (Phi) is 5.51. The second-order valence-corrected chi connectivity index (χ2v) is 5.74. The summed E-state index contributed by atoms with van der Waals surface area (Å²) in [6, 6.07) is 0. The molecule has 0 aromatic carbocycles. The first-order valence-corrected chi connectivity index (χ1v) is 8.02. The minimum Gasteiger partial charge on any atom is -0.476 e. The van der Waals surface area contributed by atoms with Gasteiger partial charge in [0.05, 0.1) is 5.69 Å². The van der Waals surface area contributed by atoms with Gasteiger partial charge in [-0.15, -0.1) is 5.10 Å². The maximum atomic E-state index is 12.4. The van der Waals surface area contributed by atoms with Crippen molar-refractivity contribution in [3.8, 4) is 0 Å². The summed E-state index contributed by atoms with van der Waals surface area (Å²) >= 11 is 0. The lowest BCUT2D eigenvalue weighted by atomic mass is 9.97. The second-order valence-electron chi connectivity index (χ2n) is 5.74. The van der Waals surface area contributed by atoms with Gasteiger partial charge >= 0.3 is 5.97 Å². The number of likely N-dealkylation sites (tertiary alicyclic amines) is 1. The van der Waals surface area contributed by atoms with Crippen molar-refractivity contribution < 1.29 is 14.7 Å². The van der Waals surface area contributed by atoms with E-state index >= 15 is 0 Å². The van der Waals surface area contributed by atoms with E-state index < -0.39 is 5.97 Å². The van der Waals surface area contributed by atoms with Crippen LogP contribution in [0.3, 0.4) is 0 Å². The highest BCUT2D eigenvalue weighted by Crippen LogP contribution is 2.25. The second kappa shape index (κ2) is 7.38. The molecular weight excluding hydrogens is 284 g/mol.